The number of hydrogen-bond donors (Lipinski definition) is 2. The van der Waals surface area contributed by atoms with E-state index < -0.39 is 23.3 Å². The van der Waals surface area contributed by atoms with Crippen LogP contribution in [0.3, 0.4) is 0 Å². The maximum Gasteiger partial charge on any atom is 0.416 e. The molecule has 1 aliphatic heterocycles. The number of rotatable bonds is 7. The number of fused-ring (bicyclic) bond motifs is 1. The first kappa shape index (κ1) is 27.5. The minimum Gasteiger partial charge on any atom is -0.497 e. The fraction of sp³-hybridized carbons (Fsp3) is 0.407. The fourth-order valence-corrected chi connectivity index (χ4v) is 4.76. The normalized spacial score (nSPS) is 15.9. The molecule has 2 aromatic carbocycles. The molecule has 1 fully saturated rings. The molecule has 4 rings (SSSR count). The van der Waals surface area contributed by atoms with Gasteiger partial charge in [0.25, 0.3) is 0 Å². The third kappa shape index (κ3) is 5.48. The van der Waals surface area contributed by atoms with Crippen LogP contribution in [0.4, 0.5) is 18.9 Å². The van der Waals surface area contributed by atoms with Crippen molar-refractivity contribution in [1.29, 1.82) is 0 Å². The summed E-state index contributed by atoms with van der Waals surface area (Å²) in [5.41, 5.74) is -0.884. The van der Waals surface area contributed by atoms with Crippen LogP contribution in [0.25, 0.3) is 10.9 Å². The van der Waals surface area contributed by atoms with E-state index in [0.717, 1.165) is 12.1 Å². The Labute approximate surface area is 217 Å². The molecule has 1 amide bonds. The molecule has 1 saturated heterocycles. The molecule has 1 aromatic heterocycles. The summed E-state index contributed by atoms with van der Waals surface area (Å²) in [6.07, 6.45) is -4.16. The number of piperidine rings is 1. The molecule has 204 valence electrons. The molecule has 8 nitrogen and oxygen atoms in total. The molecule has 38 heavy (non-hydrogen) atoms. The molecule has 0 radical (unpaired) electrons. The number of ether oxygens (including phenoxy) is 2. The molecule has 11 heteroatoms. The van der Waals surface area contributed by atoms with Crippen LogP contribution >= 0.6 is 0 Å². The molecule has 0 atom stereocenters. The number of likely N-dealkylation sites (tertiary alicyclic amines) is 1. The molecule has 0 aliphatic carbocycles. The minimum atomic E-state index is -4.50. The number of aliphatic hydroxyl groups is 1. The predicted octanol–water partition coefficient (Wildman–Crippen LogP) is 4.32. The highest BCUT2D eigenvalue weighted by Gasteiger charge is 2.37. The highest BCUT2D eigenvalue weighted by atomic mass is 19.4. The van der Waals surface area contributed by atoms with Gasteiger partial charge in [-0.3, -0.25) is 9.69 Å². The second-order valence-electron chi connectivity index (χ2n) is 9.32. The lowest BCUT2D eigenvalue weighted by Crippen LogP contribution is -2.47. The van der Waals surface area contributed by atoms with E-state index in [-0.39, 0.29) is 43.2 Å². The standard InChI is InChI=1S/C27H30F3N3O5/c1-4-38-25(35)23-24(20-15-19(37-3)8-9-21(20)31-23)32(2)22(34)16-33-12-10-26(36,11-13-33)17-6-5-7-18(14-17)27(28,29)30/h5-9,14-15,31,36H,4,10-13,16H2,1-3H3. The zero-order valence-corrected chi connectivity index (χ0v) is 21.4. The highest BCUT2D eigenvalue weighted by molar-refractivity contribution is 6.12. The van der Waals surface area contributed by atoms with E-state index in [0.29, 0.717) is 35.4 Å². The SMILES string of the molecule is CCOC(=O)c1[nH]c2ccc(OC)cc2c1N(C)C(=O)CN1CCC(O)(c2cccc(C(F)(F)F)c2)CC1. The minimum absolute atomic E-state index is 0.00587. The molecular weight excluding hydrogens is 503 g/mol. The van der Waals surface area contributed by atoms with Crippen molar-refractivity contribution in [1.82, 2.24) is 9.88 Å². The third-order valence-electron chi connectivity index (χ3n) is 6.94. The largest absolute Gasteiger partial charge is 0.497 e. The van der Waals surface area contributed by atoms with E-state index in [1.807, 2.05) is 4.90 Å². The van der Waals surface area contributed by atoms with Crippen LogP contribution in [0.15, 0.2) is 42.5 Å². The number of methoxy groups -OCH3 is 1. The third-order valence-corrected chi connectivity index (χ3v) is 6.94. The van der Waals surface area contributed by atoms with Crippen molar-refractivity contribution in [3.63, 3.8) is 0 Å². The van der Waals surface area contributed by atoms with Crippen molar-refractivity contribution in [3.05, 3.63) is 59.3 Å². The number of nitrogens with one attached hydrogen (secondary N) is 1. The smallest absolute Gasteiger partial charge is 0.416 e. The molecule has 0 spiro atoms. The molecule has 3 aromatic rings. The summed E-state index contributed by atoms with van der Waals surface area (Å²) in [7, 11) is 3.08. The van der Waals surface area contributed by atoms with Crippen LogP contribution in [-0.4, -0.2) is 67.3 Å². The summed E-state index contributed by atoms with van der Waals surface area (Å²) < 4.78 is 49.9. The summed E-state index contributed by atoms with van der Waals surface area (Å²) in [4.78, 5) is 32.2. The number of likely N-dealkylation sites (N-methyl/N-ethyl adjacent to an activating group) is 1. The van der Waals surface area contributed by atoms with Crippen LogP contribution in [0, 0.1) is 0 Å². The van der Waals surface area contributed by atoms with Gasteiger partial charge in [-0.15, -0.1) is 0 Å². The number of carbonyl (C=O) groups is 2. The Morgan fingerprint density at radius 2 is 1.87 bits per heavy atom. The maximum absolute atomic E-state index is 13.3. The number of benzene rings is 2. The Morgan fingerprint density at radius 1 is 1.16 bits per heavy atom. The quantitative estimate of drug-likeness (QED) is 0.440. The predicted molar refractivity (Wildman–Crippen MR) is 135 cm³/mol. The zero-order valence-electron chi connectivity index (χ0n) is 21.4. The van der Waals surface area contributed by atoms with Gasteiger partial charge in [0, 0.05) is 31.0 Å². The van der Waals surface area contributed by atoms with E-state index in [4.69, 9.17) is 9.47 Å². The number of carbonyl (C=O) groups excluding carboxylic acids is 2. The van der Waals surface area contributed by atoms with Gasteiger partial charge in [-0.05, 0) is 55.7 Å². The molecule has 0 saturated carbocycles. The Balaban J connectivity index is 1.51. The summed E-state index contributed by atoms with van der Waals surface area (Å²) in [6.45, 7) is 2.46. The van der Waals surface area contributed by atoms with Crippen LogP contribution in [-0.2, 0) is 21.3 Å². The van der Waals surface area contributed by atoms with Gasteiger partial charge >= 0.3 is 12.1 Å². The van der Waals surface area contributed by atoms with Crippen molar-refractivity contribution in [2.75, 3.05) is 45.3 Å². The van der Waals surface area contributed by atoms with Gasteiger partial charge in [0.1, 0.15) is 11.4 Å². The first-order valence-electron chi connectivity index (χ1n) is 12.2. The van der Waals surface area contributed by atoms with Crippen molar-refractivity contribution >= 4 is 28.5 Å². The molecule has 2 heterocycles. The lowest BCUT2D eigenvalue weighted by Gasteiger charge is -2.38. The lowest BCUT2D eigenvalue weighted by molar-refractivity contribution is -0.137. The zero-order chi connectivity index (χ0) is 27.7. The van der Waals surface area contributed by atoms with E-state index in [2.05, 4.69) is 4.98 Å². The van der Waals surface area contributed by atoms with Gasteiger partial charge in [-0.2, -0.15) is 13.2 Å². The van der Waals surface area contributed by atoms with Crippen LogP contribution in [0.5, 0.6) is 5.75 Å². The fourth-order valence-electron chi connectivity index (χ4n) is 4.76. The number of amides is 1. The molecular formula is C27H30F3N3O5. The van der Waals surface area contributed by atoms with Crippen LogP contribution in [0.2, 0.25) is 0 Å². The Kier molecular flexibility index (Phi) is 7.70. The monoisotopic (exact) mass is 533 g/mol. The van der Waals surface area contributed by atoms with E-state index in [9.17, 15) is 27.9 Å². The van der Waals surface area contributed by atoms with Crippen molar-refractivity contribution in [2.24, 2.45) is 0 Å². The molecule has 0 unspecified atom stereocenters. The lowest BCUT2D eigenvalue weighted by atomic mass is 9.83. The van der Waals surface area contributed by atoms with Gasteiger partial charge < -0.3 is 24.5 Å². The van der Waals surface area contributed by atoms with E-state index in [1.54, 1.807) is 32.2 Å². The number of aromatic amines is 1. The van der Waals surface area contributed by atoms with Gasteiger partial charge in [0.05, 0.1) is 37.1 Å². The number of aromatic nitrogens is 1. The van der Waals surface area contributed by atoms with Crippen molar-refractivity contribution in [2.45, 2.75) is 31.5 Å². The average molecular weight is 534 g/mol. The van der Waals surface area contributed by atoms with Gasteiger partial charge in [-0.1, -0.05) is 12.1 Å². The van der Waals surface area contributed by atoms with E-state index >= 15 is 0 Å². The first-order valence-corrected chi connectivity index (χ1v) is 12.2. The van der Waals surface area contributed by atoms with Gasteiger partial charge in [0.15, 0.2) is 0 Å². The Hall–Kier alpha value is -3.57. The average Bonchev–Trinajstić information content (AvgIpc) is 3.28. The Bertz CT molecular complexity index is 1330. The highest BCUT2D eigenvalue weighted by Crippen LogP contribution is 2.37. The summed E-state index contributed by atoms with van der Waals surface area (Å²) in [6, 6.07) is 9.95. The number of H-pyrrole nitrogens is 1. The summed E-state index contributed by atoms with van der Waals surface area (Å²) >= 11 is 0. The Morgan fingerprint density at radius 3 is 2.50 bits per heavy atom. The number of alkyl halides is 3. The summed E-state index contributed by atoms with van der Waals surface area (Å²) in [5, 5.41) is 11.7. The maximum atomic E-state index is 13.3. The van der Waals surface area contributed by atoms with Crippen molar-refractivity contribution in [3.8, 4) is 5.75 Å². The van der Waals surface area contributed by atoms with Crippen molar-refractivity contribution < 1.29 is 37.3 Å². The molecule has 0 bridgehead atoms. The van der Waals surface area contributed by atoms with Crippen LogP contribution < -0.4 is 9.64 Å². The topological polar surface area (TPSA) is 95.1 Å². The number of esters is 1. The number of halogens is 3. The second kappa shape index (κ2) is 10.7. The number of anilines is 1. The second-order valence-corrected chi connectivity index (χ2v) is 9.32. The van der Waals surface area contributed by atoms with Gasteiger partial charge in [-0.25, -0.2) is 4.79 Å². The first-order chi connectivity index (χ1) is 18.0. The molecule has 1 aliphatic rings. The summed E-state index contributed by atoms with van der Waals surface area (Å²) in [5.74, 6) is -0.343. The number of hydrogen-bond acceptors (Lipinski definition) is 6. The van der Waals surface area contributed by atoms with Crippen LogP contribution in [0.1, 0.15) is 41.4 Å². The molecule has 2 N–H and O–H groups in total. The number of nitrogens with zero attached hydrogens (tertiary/aromatic N) is 2. The van der Waals surface area contributed by atoms with Gasteiger partial charge in [0.2, 0.25) is 5.91 Å². The van der Waals surface area contributed by atoms with E-state index in [1.165, 1.54) is 24.1 Å².